The zero-order valence-electron chi connectivity index (χ0n) is 10.3. The van der Waals surface area contributed by atoms with Crippen molar-refractivity contribution < 1.29 is 9.53 Å². The largest absolute Gasteiger partial charge is 0.374 e. The Morgan fingerprint density at radius 3 is 2.82 bits per heavy atom. The monoisotopic (exact) mass is 241 g/mol. The van der Waals surface area contributed by atoms with Crippen LogP contribution >= 0.6 is 0 Å². The fraction of sp³-hybridized carbons (Fsp3) is 0.917. The average Bonchev–Trinajstić information content (AvgIpc) is 2.39. The van der Waals surface area contributed by atoms with Gasteiger partial charge in [0.25, 0.3) is 0 Å². The number of amides is 2. The van der Waals surface area contributed by atoms with Crippen LogP contribution in [0.25, 0.3) is 0 Å². The standard InChI is InChI=1S/C12H23N3O2/c16-12(15-10-4-2-1-3-5-10)14-9-11-8-13-6-7-17-11/h10-11,13H,1-9H2,(H2,14,15,16). The minimum absolute atomic E-state index is 0.0499. The van der Waals surface area contributed by atoms with Crippen LogP contribution in [0.5, 0.6) is 0 Å². The van der Waals surface area contributed by atoms with E-state index in [1.54, 1.807) is 0 Å². The van der Waals surface area contributed by atoms with E-state index in [0.717, 1.165) is 32.5 Å². The minimum Gasteiger partial charge on any atom is -0.374 e. The van der Waals surface area contributed by atoms with E-state index in [9.17, 15) is 4.79 Å². The average molecular weight is 241 g/mol. The van der Waals surface area contributed by atoms with Gasteiger partial charge < -0.3 is 20.7 Å². The highest BCUT2D eigenvalue weighted by atomic mass is 16.5. The van der Waals surface area contributed by atoms with Gasteiger partial charge in [-0.3, -0.25) is 0 Å². The van der Waals surface area contributed by atoms with Gasteiger partial charge in [0.2, 0.25) is 0 Å². The van der Waals surface area contributed by atoms with Crippen molar-refractivity contribution in [2.24, 2.45) is 0 Å². The highest BCUT2D eigenvalue weighted by Gasteiger charge is 2.17. The molecule has 17 heavy (non-hydrogen) atoms. The molecule has 2 rings (SSSR count). The Labute approximate surface area is 103 Å². The van der Waals surface area contributed by atoms with Gasteiger partial charge in [-0.1, -0.05) is 19.3 Å². The van der Waals surface area contributed by atoms with Gasteiger partial charge in [-0.15, -0.1) is 0 Å². The molecule has 0 aromatic rings. The van der Waals surface area contributed by atoms with Crippen LogP contribution in [0.1, 0.15) is 32.1 Å². The second-order valence-electron chi connectivity index (χ2n) is 4.89. The fourth-order valence-corrected chi connectivity index (χ4v) is 2.44. The Hall–Kier alpha value is -0.810. The van der Waals surface area contributed by atoms with Crippen LogP contribution in [-0.2, 0) is 4.74 Å². The van der Waals surface area contributed by atoms with Crippen molar-refractivity contribution in [2.45, 2.75) is 44.2 Å². The first-order valence-electron chi connectivity index (χ1n) is 6.71. The molecular weight excluding hydrogens is 218 g/mol. The molecule has 1 saturated heterocycles. The second-order valence-corrected chi connectivity index (χ2v) is 4.89. The molecule has 2 amide bonds. The third-order valence-electron chi connectivity index (χ3n) is 3.44. The van der Waals surface area contributed by atoms with Crippen molar-refractivity contribution >= 4 is 6.03 Å². The van der Waals surface area contributed by atoms with Crippen LogP contribution in [-0.4, -0.2) is 44.4 Å². The van der Waals surface area contributed by atoms with Crippen molar-refractivity contribution in [3.63, 3.8) is 0 Å². The molecule has 1 atom stereocenters. The van der Waals surface area contributed by atoms with Gasteiger partial charge >= 0.3 is 6.03 Å². The summed E-state index contributed by atoms with van der Waals surface area (Å²) in [6.07, 6.45) is 6.13. The molecule has 0 aromatic carbocycles. The molecule has 1 aliphatic heterocycles. The molecule has 2 fully saturated rings. The maximum Gasteiger partial charge on any atom is 0.315 e. The molecule has 0 bridgehead atoms. The van der Waals surface area contributed by atoms with Gasteiger partial charge in [0.05, 0.1) is 12.7 Å². The number of ether oxygens (including phenoxy) is 1. The van der Waals surface area contributed by atoms with Crippen LogP contribution in [0.2, 0.25) is 0 Å². The molecule has 5 nitrogen and oxygen atoms in total. The lowest BCUT2D eigenvalue weighted by Gasteiger charge is -2.26. The molecule has 0 spiro atoms. The summed E-state index contributed by atoms with van der Waals surface area (Å²) in [4.78, 5) is 11.7. The molecular formula is C12H23N3O2. The maximum atomic E-state index is 11.7. The third-order valence-corrected chi connectivity index (χ3v) is 3.44. The first kappa shape index (κ1) is 12.6. The third kappa shape index (κ3) is 4.52. The normalized spacial score (nSPS) is 26.5. The molecule has 98 valence electrons. The van der Waals surface area contributed by atoms with Crippen molar-refractivity contribution in [1.82, 2.24) is 16.0 Å². The molecule has 0 aromatic heterocycles. The number of morpholine rings is 1. The second kappa shape index (κ2) is 6.81. The van der Waals surface area contributed by atoms with E-state index in [1.165, 1.54) is 19.3 Å². The van der Waals surface area contributed by atoms with E-state index in [4.69, 9.17) is 4.74 Å². The van der Waals surface area contributed by atoms with Crippen molar-refractivity contribution in [1.29, 1.82) is 0 Å². The minimum atomic E-state index is -0.0499. The summed E-state index contributed by atoms with van der Waals surface area (Å²) in [5, 5.41) is 9.16. The molecule has 2 aliphatic rings. The predicted molar refractivity (Wildman–Crippen MR) is 66.0 cm³/mol. The smallest absolute Gasteiger partial charge is 0.315 e. The van der Waals surface area contributed by atoms with Gasteiger partial charge in [-0.05, 0) is 12.8 Å². The van der Waals surface area contributed by atoms with Crippen molar-refractivity contribution in [3.8, 4) is 0 Å². The lowest BCUT2D eigenvalue weighted by molar-refractivity contribution is 0.0307. The van der Waals surface area contributed by atoms with E-state index in [0.29, 0.717) is 12.6 Å². The van der Waals surface area contributed by atoms with E-state index < -0.39 is 0 Å². The van der Waals surface area contributed by atoms with Gasteiger partial charge in [0.15, 0.2) is 0 Å². The number of urea groups is 1. The Morgan fingerprint density at radius 1 is 1.29 bits per heavy atom. The lowest BCUT2D eigenvalue weighted by atomic mass is 9.96. The summed E-state index contributed by atoms with van der Waals surface area (Å²) >= 11 is 0. The quantitative estimate of drug-likeness (QED) is 0.678. The first-order chi connectivity index (χ1) is 8.34. The number of hydrogen-bond donors (Lipinski definition) is 3. The van der Waals surface area contributed by atoms with Gasteiger partial charge in [-0.25, -0.2) is 4.79 Å². The van der Waals surface area contributed by atoms with Crippen molar-refractivity contribution in [2.75, 3.05) is 26.2 Å². The Balaban J connectivity index is 1.59. The fourth-order valence-electron chi connectivity index (χ4n) is 2.44. The molecule has 5 heteroatoms. The van der Waals surface area contributed by atoms with Crippen LogP contribution in [0.4, 0.5) is 4.79 Å². The first-order valence-corrected chi connectivity index (χ1v) is 6.71. The predicted octanol–water partition coefficient (Wildman–Crippen LogP) is 0.607. The summed E-state index contributed by atoms with van der Waals surface area (Å²) in [7, 11) is 0. The van der Waals surface area contributed by atoms with Crippen molar-refractivity contribution in [3.05, 3.63) is 0 Å². The Morgan fingerprint density at radius 2 is 2.12 bits per heavy atom. The van der Waals surface area contributed by atoms with Crippen LogP contribution < -0.4 is 16.0 Å². The number of rotatable bonds is 3. The SMILES string of the molecule is O=C(NCC1CNCCO1)NC1CCCCC1. The van der Waals surface area contributed by atoms with Crippen LogP contribution in [0, 0.1) is 0 Å². The number of nitrogens with one attached hydrogen (secondary N) is 3. The molecule has 1 unspecified atom stereocenters. The Bertz CT molecular complexity index is 236. The zero-order chi connectivity index (χ0) is 11.9. The molecule has 0 radical (unpaired) electrons. The van der Waals surface area contributed by atoms with E-state index in [2.05, 4.69) is 16.0 Å². The molecule has 1 saturated carbocycles. The number of carbonyl (C=O) groups excluding carboxylic acids is 1. The van der Waals surface area contributed by atoms with E-state index >= 15 is 0 Å². The summed E-state index contributed by atoms with van der Waals surface area (Å²) in [6, 6.07) is 0.320. The highest BCUT2D eigenvalue weighted by molar-refractivity contribution is 5.74. The molecule has 1 heterocycles. The van der Waals surface area contributed by atoms with Crippen LogP contribution in [0.15, 0.2) is 0 Å². The van der Waals surface area contributed by atoms with Gasteiger partial charge in [0.1, 0.15) is 0 Å². The van der Waals surface area contributed by atoms with E-state index in [1.807, 2.05) is 0 Å². The van der Waals surface area contributed by atoms with Gasteiger partial charge in [-0.2, -0.15) is 0 Å². The summed E-state index contributed by atoms with van der Waals surface area (Å²) < 4.78 is 5.51. The summed E-state index contributed by atoms with van der Waals surface area (Å²) in [6.45, 7) is 3.05. The zero-order valence-corrected chi connectivity index (χ0v) is 10.3. The molecule has 1 aliphatic carbocycles. The van der Waals surface area contributed by atoms with Gasteiger partial charge in [0, 0.05) is 25.7 Å². The lowest BCUT2D eigenvalue weighted by Crippen LogP contribution is -2.49. The molecule has 3 N–H and O–H groups in total. The van der Waals surface area contributed by atoms with Crippen LogP contribution in [0.3, 0.4) is 0 Å². The Kier molecular flexibility index (Phi) is 5.07. The highest BCUT2D eigenvalue weighted by Crippen LogP contribution is 2.17. The number of carbonyl (C=O) groups is 1. The number of hydrogen-bond acceptors (Lipinski definition) is 3. The van der Waals surface area contributed by atoms with E-state index in [-0.39, 0.29) is 12.1 Å². The maximum absolute atomic E-state index is 11.7. The summed E-state index contributed by atoms with van der Waals surface area (Å²) in [5.41, 5.74) is 0. The topological polar surface area (TPSA) is 62.4 Å². The summed E-state index contributed by atoms with van der Waals surface area (Å²) in [5.74, 6) is 0.